The van der Waals surface area contributed by atoms with Crippen LogP contribution in [0.2, 0.25) is 5.02 Å². The van der Waals surface area contributed by atoms with Crippen LogP contribution in [-0.2, 0) is 13.0 Å². The molecule has 0 aliphatic carbocycles. The number of nitrogens with zero attached hydrogens (tertiary/aromatic N) is 2. The first-order valence-corrected chi connectivity index (χ1v) is 8.27. The Morgan fingerprint density at radius 3 is 2.74 bits per heavy atom. The van der Waals surface area contributed by atoms with Crippen molar-refractivity contribution in [1.29, 1.82) is 0 Å². The SMILES string of the molecule is Nc1c2c(nc3cccc(Cl)c13)N(Cc1ccccc1)CCC2. The summed E-state index contributed by atoms with van der Waals surface area (Å²) in [6.07, 6.45) is 2.04. The van der Waals surface area contributed by atoms with E-state index in [0.29, 0.717) is 5.02 Å². The number of nitrogen functional groups attached to an aromatic ring is 1. The summed E-state index contributed by atoms with van der Waals surface area (Å²) in [4.78, 5) is 7.20. The van der Waals surface area contributed by atoms with Gasteiger partial charge in [0.1, 0.15) is 5.82 Å². The maximum absolute atomic E-state index is 6.45. The molecule has 2 heterocycles. The number of pyridine rings is 1. The average Bonchev–Trinajstić information content (AvgIpc) is 2.57. The normalized spacial score (nSPS) is 14.0. The number of hydrogen-bond acceptors (Lipinski definition) is 3. The van der Waals surface area contributed by atoms with Gasteiger partial charge in [-0.1, -0.05) is 48.0 Å². The van der Waals surface area contributed by atoms with E-state index in [1.807, 2.05) is 24.3 Å². The van der Waals surface area contributed by atoms with Crippen molar-refractivity contribution in [3.8, 4) is 0 Å². The molecule has 3 nitrogen and oxygen atoms in total. The number of anilines is 2. The zero-order chi connectivity index (χ0) is 15.8. The molecule has 0 saturated carbocycles. The predicted octanol–water partition coefficient (Wildman–Crippen LogP) is 4.42. The molecule has 2 N–H and O–H groups in total. The molecule has 0 amide bonds. The molecule has 4 heteroatoms. The Morgan fingerprint density at radius 2 is 1.91 bits per heavy atom. The fraction of sp³-hybridized carbons (Fsp3) is 0.211. The lowest BCUT2D eigenvalue weighted by Crippen LogP contribution is -2.30. The molecule has 0 saturated heterocycles. The standard InChI is InChI=1S/C19H18ClN3/c20-15-9-4-10-16-17(15)18(21)14-8-5-11-23(19(14)22-16)12-13-6-2-1-3-7-13/h1-4,6-7,9-10H,5,8,11-12H2,(H2,21,22). The van der Waals surface area contributed by atoms with Crippen LogP contribution >= 0.6 is 11.6 Å². The summed E-state index contributed by atoms with van der Waals surface area (Å²) >= 11 is 6.34. The number of nitrogens with two attached hydrogens (primary N) is 1. The van der Waals surface area contributed by atoms with Crippen molar-refractivity contribution < 1.29 is 0 Å². The fourth-order valence-corrected chi connectivity index (χ4v) is 3.62. The van der Waals surface area contributed by atoms with Crippen LogP contribution in [0.5, 0.6) is 0 Å². The highest BCUT2D eigenvalue weighted by atomic mass is 35.5. The first kappa shape index (κ1) is 14.3. The molecular weight excluding hydrogens is 306 g/mol. The maximum atomic E-state index is 6.45. The van der Waals surface area contributed by atoms with E-state index < -0.39 is 0 Å². The second-order valence-electron chi connectivity index (χ2n) is 5.97. The lowest BCUT2D eigenvalue weighted by atomic mass is 10.00. The van der Waals surface area contributed by atoms with Crippen molar-refractivity contribution in [1.82, 2.24) is 4.98 Å². The first-order chi connectivity index (χ1) is 11.2. The molecular formula is C19H18ClN3. The molecule has 1 aliphatic heterocycles. The third-order valence-electron chi connectivity index (χ3n) is 4.45. The zero-order valence-corrected chi connectivity index (χ0v) is 13.6. The molecule has 1 aromatic heterocycles. The van der Waals surface area contributed by atoms with Gasteiger partial charge in [0.05, 0.1) is 10.5 Å². The lowest BCUT2D eigenvalue weighted by Gasteiger charge is -2.31. The van der Waals surface area contributed by atoms with Crippen LogP contribution in [0.1, 0.15) is 17.5 Å². The number of fused-ring (bicyclic) bond motifs is 2. The molecule has 2 aromatic carbocycles. The molecule has 0 radical (unpaired) electrons. The van der Waals surface area contributed by atoms with Crippen molar-refractivity contribution >= 4 is 34.0 Å². The number of hydrogen-bond donors (Lipinski definition) is 1. The molecule has 1 aliphatic rings. The van der Waals surface area contributed by atoms with Crippen molar-refractivity contribution in [2.75, 3.05) is 17.2 Å². The monoisotopic (exact) mass is 323 g/mol. The molecule has 0 spiro atoms. The molecule has 0 bridgehead atoms. The Balaban J connectivity index is 1.83. The van der Waals surface area contributed by atoms with Gasteiger partial charge in [0, 0.05) is 29.7 Å². The number of rotatable bonds is 2. The highest BCUT2D eigenvalue weighted by Crippen LogP contribution is 2.38. The number of halogens is 1. The predicted molar refractivity (Wildman–Crippen MR) is 97.0 cm³/mol. The van der Waals surface area contributed by atoms with E-state index >= 15 is 0 Å². The van der Waals surface area contributed by atoms with Gasteiger partial charge in [0.15, 0.2) is 0 Å². The Morgan fingerprint density at radius 1 is 1.09 bits per heavy atom. The first-order valence-electron chi connectivity index (χ1n) is 7.89. The van der Waals surface area contributed by atoms with Crippen LogP contribution in [0.3, 0.4) is 0 Å². The number of benzene rings is 2. The highest BCUT2D eigenvalue weighted by molar-refractivity contribution is 6.36. The summed E-state index contributed by atoms with van der Waals surface area (Å²) in [7, 11) is 0. The van der Waals surface area contributed by atoms with Crippen LogP contribution in [0, 0.1) is 0 Å². The third kappa shape index (κ3) is 2.51. The summed E-state index contributed by atoms with van der Waals surface area (Å²) in [5.41, 5.74) is 10.5. The largest absolute Gasteiger partial charge is 0.398 e. The second-order valence-corrected chi connectivity index (χ2v) is 6.38. The van der Waals surface area contributed by atoms with Gasteiger partial charge < -0.3 is 10.6 Å². The Hall–Kier alpha value is -2.26. The highest BCUT2D eigenvalue weighted by Gasteiger charge is 2.23. The van der Waals surface area contributed by atoms with Gasteiger partial charge in [0.2, 0.25) is 0 Å². The van der Waals surface area contributed by atoms with Gasteiger partial charge in [-0.2, -0.15) is 0 Å². The quantitative estimate of drug-likeness (QED) is 0.759. The summed E-state index contributed by atoms with van der Waals surface area (Å²) in [5.74, 6) is 1.01. The molecule has 0 unspecified atom stereocenters. The molecule has 3 aromatic rings. The van der Waals surface area contributed by atoms with Crippen LogP contribution in [-0.4, -0.2) is 11.5 Å². The van der Waals surface area contributed by atoms with E-state index in [9.17, 15) is 0 Å². The lowest BCUT2D eigenvalue weighted by molar-refractivity contribution is 0.682. The van der Waals surface area contributed by atoms with Crippen molar-refractivity contribution in [3.63, 3.8) is 0 Å². The van der Waals surface area contributed by atoms with Gasteiger partial charge in [-0.3, -0.25) is 0 Å². The van der Waals surface area contributed by atoms with Crippen LogP contribution in [0.25, 0.3) is 10.9 Å². The number of aromatic nitrogens is 1. The van der Waals surface area contributed by atoms with Gasteiger partial charge in [0.25, 0.3) is 0 Å². The molecule has 23 heavy (non-hydrogen) atoms. The van der Waals surface area contributed by atoms with Crippen LogP contribution in [0.4, 0.5) is 11.5 Å². The van der Waals surface area contributed by atoms with Crippen LogP contribution in [0.15, 0.2) is 48.5 Å². The second kappa shape index (κ2) is 5.74. The van der Waals surface area contributed by atoms with E-state index in [0.717, 1.165) is 53.9 Å². The van der Waals surface area contributed by atoms with Gasteiger partial charge in [-0.25, -0.2) is 4.98 Å². The van der Waals surface area contributed by atoms with Crippen molar-refractivity contribution in [3.05, 3.63) is 64.7 Å². The van der Waals surface area contributed by atoms with Crippen molar-refractivity contribution in [2.45, 2.75) is 19.4 Å². The molecule has 0 fully saturated rings. The van der Waals surface area contributed by atoms with E-state index in [1.54, 1.807) is 0 Å². The summed E-state index contributed by atoms with van der Waals surface area (Å²) in [5, 5.41) is 1.56. The van der Waals surface area contributed by atoms with Gasteiger partial charge >= 0.3 is 0 Å². The van der Waals surface area contributed by atoms with E-state index in [-0.39, 0.29) is 0 Å². The Kier molecular flexibility index (Phi) is 3.58. The van der Waals surface area contributed by atoms with Crippen molar-refractivity contribution in [2.24, 2.45) is 0 Å². The van der Waals surface area contributed by atoms with Crippen LogP contribution < -0.4 is 10.6 Å². The Labute approximate surface area is 140 Å². The van der Waals surface area contributed by atoms with Gasteiger partial charge in [-0.05, 0) is 30.5 Å². The minimum Gasteiger partial charge on any atom is -0.398 e. The van der Waals surface area contributed by atoms with E-state index in [1.165, 1.54) is 5.56 Å². The maximum Gasteiger partial charge on any atom is 0.134 e. The minimum absolute atomic E-state index is 0.676. The third-order valence-corrected chi connectivity index (χ3v) is 4.77. The summed E-state index contributed by atoms with van der Waals surface area (Å²) in [6.45, 7) is 1.85. The fourth-order valence-electron chi connectivity index (χ4n) is 3.34. The minimum atomic E-state index is 0.676. The molecule has 4 rings (SSSR count). The van der Waals surface area contributed by atoms with E-state index in [4.69, 9.17) is 22.3 Å². The Bertz CT molecular complexity index is 861. The average molecular weight is 324 g/mol. The summed E-state index contributed by atoms with van der Waals surface area (Å²) in [6, 6.07) is 16.3. The zero-order valence-electron chi connectivity index (χ0n) is 12.8. The smallest absolute Gasteiger partial charge is 0.134 e. The topological polar surface area (TPSA) is 42.1 Å². The van der Waals surface area contributed by atoms with E-state index in [2.05, 4.69) is 29.2 Å². The summed E-state index contributed by atoms with van der Waals surface area (Å²) < 4.78 is 0. The van der Waals surface area contributed by atoms with Gasteiger partial charge in [-0.15, -0.1) is 0 Å². The molecule has 0 atom stereocenters. The molecule has 116 valence electrons.